The molecule has 0 amide bonds. The van der Waals surface area contributed by atoms with E-state index in [1.807, 2.05) is 0 Å². The lowest BCUT2D eigenvalue weighted by molar-refractivity contribution is 0.398. The van der Waals surface area contributed by atoms with Crippen molar-refractivity contribution in [3.05, 3.63) is 24.3 Å². The Hall–Kier alpha value is -1.11. The van der Waals surface area contributed by atoms with E-state index in [9.17, 15) is 8.42 Å². The zero-order chi connectivity index (χ0) is 9.19. The van der Waals surface area contributed by atoms with E-state index in [1.165, 1.54) is 12.1 Å². The number of hydrogen-bond donors (Lipinski definition) is 2. The van der Waals surface area contributed by atoms with Gasteiger partial charge in [0.15, 0.2) is 0 Å². The summed E-state index contributed by atoms with van der Waals surface area (Å²) in [5.41, 5.74) is 5.62. The van der Waals surface area contributed by atoms with Crippen LogP contribution in [0.25, 0.3) is 0 Å². The van der Waals surface area contributed by atoms with Gasteiger partial charge in [0, 0.05) is 0 Å². The minimum Gasteiger partial charge on any atom is -0.398 e. The molecule has 74 valence electrons. The monoisotopic (exact) mass is 204 g/mol. The Kier molecular flexibility index (Phi) is 3.86. The largest absolute Gasteiger partial charge is 0.398 e. The molecule has 0 radical (unpaired) electrons. The average molecular weight is 204 g/mol. The van der Waals surface area contributed by atoms with Crippen LogP contribution >= 0.6 is 0 Å². The van der Waals surface area contributed by atoms with Crippen molar-refractivity contribution >= 4 is 15.8 Å². The first-order chi connectivity index (χ1) is 5.58. The zero-order valence-electron chi connectivity index (χ0n) is 7.23. The highest BCUT2D eigenvalue weighted by Crippen LogP contribution is 2.18. The van der Waals surface area contributed by atoms with E-state index in [4.69, 9.17) is 5.73 Å². The molecule has 0 bridgehead atoms. The summed E-state index contributed by atoms with van der Waals surface area (Å²) in [4.78, 5) is 0.00694. The molecule has 5 N–H and O–H groups in total. The van der Waals surface area contributed by atoms with E-state index in [0.29, 0.717) is 0 Å². The third kappa shape index (κ3) is 2.41. The van der Waals surface area contributed by atoms with Crippen molar-refractivity contribution in [2.24, 2.45) is 0 Å². The molecule has 0 saturated carbocycles. The lowest BCUT2D eigenvalue weighted by Crippen LogP contribution is -2.05. The van der Waals surface area contributed by atoms with E-state index in [2.05, 4.69) is 4.18 Å². The summed E-state index contributed by atoms with van der Waals surface area (Å²) < 4.78 is 26.5. The maximum absolute atomic E-state index is 11.1. The lowest BCUT2D eigenvalue weighted by Gasteiger charge is -2.03. The fraction of sp³-hybridized carbons (Fsp3) is 0.143. The molecular weight excluding hydrogens is 192 g/mol. The third-order valence-electron chi connectivity index (χ3n) is 1.41. The highest BCUT2D eigenvalue weighted by molar-refractivity contribution is 7.87. The van der Waals surface area contributed by atoms with Gasteiger partial charge < -0.3 is 11.9 Å². The maximum Gasteiger partial charge on any atom is 0.298 e. The van der Waals surface area contributed by atoms with Gasteiger partial charge in [0.25, 0.3) is 10.1 Å². The molecule has 0 spiro atoms. The van der Waals surface area contributed by atoms with Crippen LogP contribution in [0.4, 0.5) is 5.69 Å². The van der Waals surface area contributed by atoms with Crippen molar-refractivity contribution in [3.63, 3.8) is 0 Å². The van der Waals surface area contributed by atoms with Gasteiger partial charge in [-0.15, -0.1) is 0 Å². The van der Waals surface area contributed by atoms with E-state index >= 15 is 0 Å². The van der Waals surface area contributed by atoms with Crippen molar-refractivity contribution in [1.29, 1.82) is 0 Å². The topological polar surface area (TPSA) is 104 Å². The number of hydrogen-bond acceptors (Lipinski definition) is 5. The Morgan fingerprint density at radius 2 is 1.85 bits per heavy atom. The highest BCUT2D eigenvalue weighted by atomic mass is 32.2. The second kappa shape index (κ2) is 4.22. The normalized spacial score (nSPS) is 10.5. The first-order valence-corrected chi connectivity index (χ1v) is 4.64. The van der Waals surface area contributed by atoms with Crippen LogP contribution in [0.1, 0.15) is 0 Å². The molecule has 0 atom stereocenters. The molecule has 0 saturated heterocycles. The zero-order valence-corrected chi connectivity index (χ0v) is 8.04. The Morgan fingerprint density at radius 3 is 2.31 bits per heavy atom. The smallest absolute Gasteiger partial charge is 0.298 e. The molecular formula is C7H12N2O3S. The van der Waals surface area contributed by atoms with E-state index in [1.54, 1.807) is 12.1 Å². The molecule has 0 heterocycles. The molecule has 0 aliphatic carbocycles. The molecule has 0 aromatic heterocycles. The second-order valence-electron chi connectivity index (χ2n) is 2.16. The van der Waals surface area contributed by atoms with Crippen LogP contribution in [0.5, 0.6) is 0 Å². The summed E-state index contributed by atoms with van der Waals surface area (Å²) in [5, 5.41) is 0. The quantitative estimate of drug-likeness (QED) is 0.546. The Labute approximate surface area is 77.2 Å². The fourth-order valence-electron chi connectivity index (χ4n) is 0.798. The van der Waals surface area contributed by atoms with Crippen LogP contribution in [0, 0.1) is 0 Å². The van der Waals surface area contributed by atoms with Gasteiger partial charge in [-0.3, -0.25) is 4.18 Å². The van der Waals surface area contributed by atoms with Gasteiger partial charge in [0.1, 0.15) is 4.90 Å². The van der Waals surface area contributed by atoms with E-state index in [0.717, 1.165) is 7.11 Å². The van der Waals surface area contributed by atoms with E-state index < -0.39 is 10.1 Å². The molecule has 5 nitrogen and oxygen atoms in total. The second-order valence-corrected chi connectivity index (χ2v) is 3.84. The first-order valence-electron chi connectivity index (χ1n) is 3.23. The summed E-state index contributed by atoms with van der Waals surface area (Å²) >= 11 is 0. The van der Waals surface area contributed by atoms with Crippen LogP contribution in [0.2, 0.25) is 0 Å². The number of benzene rings is 1. The average Bonchev–Trinajstić information content (AvgIpc) is 2.05. The molecule has 0 unspecified atom stereocenters. The van der Waals surface area contributed by atoms with Crippen molar-refractivity contribution in [2.75, 3.05) is 12.8 Å². The van der Waals surface area contributed by atoms with Crippen molar-refractivity contribution in [3.8, 4) is 0 Å². The molecule has 1 aromatic carbocycles. The Morgan fingerprint density at radius 1 is 1.31 bits per heavy atom. The van der Waals surface area contributed by atoms with Gasteiger partial charge in [0.2, 0.25) is 0 Å². The SMILES string of the molecule is COS(=O)(=O)c1ccccc1N.N. The van der Waals surface area contributed by atoms with Gasteiger partial charge in [-0.2, -0.15) is 8.42 Å². The van der Waals surface area contributed by atoms with Crippen LogP contribution in [0.15, 0.2) is 29.2 Å². The highest BCUT2D eigenvalue weighted by Gasteiger charge is 2.14. The predicted octanol–water partition coefficient (Wildman–Crippen LogP) is 0.766. The maximum atomic E-state index is 11.1. The number of anilines is 1. The minimum atomic E-state index is -3.65. The number of para-hydroxylation sites is 1. The van der Waals surface area contributed by atoms with E-state index in [-0.39, 0.29) is 16.7 Å². The standard InChI is InChI=1S/C7H9NO3S.H3N/c1-11-12(9,10)7-5-3-2-4-6(7)8;/h2-5H,8H2,1H3;1H3. The van der Waals surface area contributed by atoms with Crippen molar-refractivity contribution in [1.82, 2.24) is 6.15 Å². The van der Waals surface area contributed by atoms with Gasteiger partial charge in [-0.1, -0.05) is 12.1 Å². The van der Waals surface area contributed by atoms with Crippen molar-refractivity contribution in [2.45, 2.75) is 4.90 Å². The first kappa shape index (κ1) is 11.9. The van der Waals surface area contributed by atoms with Crippen LogP contribution < -0.4 is 11.9 Å². The van der Waals surface area contributed by atoms with Gasteiger partial charge >= 0.3 is 0 Å². The van der Waals surface area contributed by atoms with Gasteiger partial charge in [-0.05, 0) is 12.1 Å². The molecule has 6 heteroatoms. The number of nitrogen functional groups attached to an aromatic ring is 1. The van der Waals surface area contributed by atoms with Crippen molar-refractivity contribution < 1.29 is 12.6 Å². The summed E-state index contributed by atoms with van der Waals surface area (Å²) in [7, 11) is -2.55. The van der Waals surface area contributed by atoms with Crippen LogP contribution in [0.3, 0.4) is 0 Å². The molecule has 1 aromatic rings. The van der Waals surface area contributed by atoms with Gasteiger partial charge in [0.05, 0.1) is 12.8 Å². The Bertz CT molecular complexity index is 375. The van der Waals surface area contributed by atoms with Crippen LogP contribution in [-0.2, 0) is 14.3 Å². The molecule has 0 aliphatic heterocycles. The summed E-state index contributed by atoms with van der Waals surface area (Å²) in [6, 6.07) is 6.15. The lowest BCUT2D eigenvalue weighted by atomic mass is 10.3. The van der Waals surface area contributed by atoms with Gasteiger partial charge in [-0.25, -0.2) is 0 Å². The third-order valence-corrected chi connectivity index (χ3v) is 2.76. The molecule has 13 heavy (non-hydrogen) atoms. The fourth-order valence-corrected chi connectivity index (χ4v) is 1.58. The minimum absolute atomic E-state index is 0. The number of nitrogens with two attached hydrogens (primary N) is 1. The number of rotatable bonds is 2. The summed E-state index contributed by atoms with van der Waals surface area (Å²) in [5.74, 6) is 0. The molecule has 0 fully saturated rings. The summed E-state index contributed by atoms with van der Waals surface area (Å²) in [6.45, 7) is 0. The van der Waals surface area contributed by atoms with Crippen LogP contribution in [-0.4, -0.2) is 15.5 Å². The summed E-state index contributed by atoms with van der Waals surface area (Å²) in [6.07, 6.45) is 0. The molecule has 1 rings (SSSR count). The predicted molar refractivity (Wildman–Crippen MR) is 50.1 cm³/mol. The Balaban J connectivity index is 0.00000144. The molecule has 0 aliphatic rings.